The van der Waals surface area contributed by atoms with Crippen molar-refractivity contribution >= 4 is 22.8 Å². The fraction of sp³-hybridized carbons (Fsp3) is 0.211. The summed E-state index contributed by atoms with van der Waals surface area (Å²) in [6.45, 7) is 0. The van der Waals surface area contributed by atoms with Crippen LogP contribution >= 0.6 is 0 Å². The predicted octanol–water partition coefficient (Wildman–Crippen LogP) is 1.86. The Bertz CT molecular complexity index is 989. The number of ether oxygens (including phenoxy) is 3. The first-order valence-corrected chi connectivity index (χ1v) is 8.29. The highest BCUT2D eigenvalue weighted by molar-refractivity contribution is 5.97. The van der Waals surface area contributed by atoms with E-state index in [2.05, 4.69) is 16.0 Å². The molecular formula is C19H19N3O6. The maximum absolute atomic E-state index is 12.4. The van der Waals surface area contributed by atoms with Gasteiger partial charge in [0.05, 0.1) is 27.8 Å². The summed E-state index contributed by atoms with van der Waals surface area (Å²) in [6.07, 6.45) is -0.0491. The first-order valence-electron chi connectivity index (χ1n) is 8.29. The van der Waals surface area contributed by atoms with Crippen molar-refractivity contribution in [1.29, 1.82) is 0 Å². The second-order valence-corrected chi connectivity index (χ2v) is 5.72. The van der Waals surface area contributed by atoms with Crippen molar-refractivity contribution in [2.45, 2.75) is 6.42 Å². The van der Waals surface area contributed by atoms with Gasteiger partial charge in [-0.25, -0.2) is 0 Å². The minimum Gasteiger partial charge on any atom is -0.493 e. The van der Waals surface area contributed by atoms with E-state index in [-0.39, 0.29) is 12.0 Å². The van der Waals surface area contributed by atoms with Gasteiger partial charge in [-0.2, -0.15) is 0 Å². The maximum atomic E-state index is 12.4. The Hall–Kier alpha value is -3.75. The summed E-state index contributed by atoms with van der Waals surface area (Å²) in [5, 5.41) is 4.63. The third-order valence-electron chi connectivity index (χ3n) is 4.02. The predicted molar refractivity (Wildman–Crippen MR) is 99.4 cm³/mol. The third kappa shape index (κ3) is 3.83. The van der Waals surface area contributed by atoms with Gasteiger partial charge < -0.3 is 18.7 Å². The summed E-state index contributed by atoms with van der Waals surface area (Å²) in [7, 11) is 4.36. The second kappa shape index (κ2) is 8.30. The molecule has 3 rings (SSSR count). The number of hydrogen-bond acceptors (Lipinski definition) is 7. The smallest absolute Gasteiger partial charge is 0.269 e. The first kappa shape index (κ1) is 19.0. The lowest BCUT2D eigenvalue weighted by molar-refractivity contribution is -0.121. The van der Waals surface area contributed by atoms with Crippen molar-refractivity contribution in [2.75, 3.05) is 21.3 Å². The Labute approximate surface area is 160 Å². The van der Waals surface area contributed by atoms with E-state index in [9.17, 15) is 9.59 Å². The van der Waals surface area contributed by atoms with Gasteiger partial charge in [0.2, 0.25) is 11.7 Å². The van der Waals surface area contributed by atoms with Gasteiger partial charge in [-0.1, -0.05) is 17.3 Å². The van der Waals surface area contributed by atoms with E-state index in [4.69, 9.17) is 18.7 Å². The Kier molecular flexibility index (Phi) is 5.64. The van der Waals surface area contributed by atoms with E-state index in [1.54, 1.807) is 6.07 Å². The summed E-state index contributed by atoms with van der Waals surface area (Å²) in [6, 6.07) is 10.2. The zero-order valence-corrected chi connectivity index (χ0v) is 15.6. The molecule has 0 aliphatic rings. The lowest BCUT2D eigenvalue weighted by Gasteiger charge is -2.14. The van der Waals surface area contributed by atoms with Crippen LogP contribution in [-0.2, 0) is 11.2 Å². The van der Waals surface area contributed by atoms with Crippen LogP contribution in [0.4, 0.5) is 0 Å². The molecule has 9 nitrogen and oxygen atoms in total. The average Bonchev–Trinajstić information content (AvgIpc) is 3.13. The van der Waals surface area contributed by atoms with Crippen LogP contribution in [0.2, 0.25) is 0 Å². The van der Waals surface area contributed by atoms with Crippen LogP contribution in [-0.4, -0.2) is 38.3 Å². The number of amides is 2. The first-order chi connectivity index (χ1) is 13.6. The largest absolute Gasteiger partial charge is 0.493 e. The number of nitrogens with zero attached hydrogens (tertiary/aromatic N) is 1. The van der Waals surface area contributed by atoms with Crippen LogP contribution in [0.5, 0.6) is 17.2 Å². The van der Waals surface area contributed by atoms with Gasteiger partial charge in [-0.15, -0.1) is 0 Å². The summed E-state index contributed by atoms with van der Waals surface area (Å²) in [4.78, 5) is 24.5. The molecule has 0 fully saturated rings. The topological polar surface area (TPSA) is 112 Å². The molecule has 0 saturated carbocycles. The third-order valence-corrected chi connectivity index (χ3v) is 4.02. The number of aromatic nitrogens is 1. The van der Waals surface area contributed by atoms with Crippen molar-refractivity contribution in [3.05, 3.63) is 47.7 Å². The van der Waals surface area contributed by atoms with E-state index >= 15 is 0 Å². The molecule has 0 saturated heterocycles. The lowest BCUT2D eigenvalue weighted by atomic mass is 10.1. The second-order valence-electron chi connectivity index (χ2n) is 5.72. The Morgan fingerprint density at radius 1 is 1.00 bits per heavy atom. The van der Waals surface area contributed by atoms with Crippen LogP contribution in [0, 0.1) is 0 Å². The van der Waals surface area contributed by atoms with Crippen LogP contribution in [0.15, 0.2) is 40.9 Å². The molecule has 0 aliphatic carbocycles. The molecule has 0 bridgehead atoms. The normalized spacial score (nSPS) is 10.4. The SMILES string of the molecule is COc1cc(C(=O)NNC(=O)Cc2noc3ccccc23)cc(OC)c1OC. The van der Waals surface area contributed by atoms with Crippen LogP contribution in [0.3, 0.4) is 0 Å². The van der Waals surface area contributed by atoms with Gasteiger partial charge in [0.15, 0.2) is 17.1 Å². The quantitative estimate of drug-likeness (QED) is 0.623. The molecule has 2 aromatic carbocycles. The van der Waals surface area contributed by atoms with Crippen molar-refractivity contribution < 1.29 is 28.3 Å². The molecule has 28 heavy (non-hydrogen) atoms. The number of carbonyl (C=O) groups excluding carboxylic acids is 2. The van der Waals surface area contributed by atoms with Crippen molar-refractivity contribution in [3.8, 4) is 17.2 Å². The zero-order valence-electron chi connectivity index (χ0n) is 15.6. The zero-order chi connectivity index (χ0) is 20.1. The summed E-state index contributed by atoms with van der Waals surface area (Å²) in [5.74, 6) is 0.0285. The van der Waals surface area contributed by atoms with Crippen molar-refractivity contribution in [3.63, 3.8) is 0 Å². The fourth-order valence-electron chi connectivity index (χ4n) is 2.67. The van der Waals surface area contributed by atoms with E-state index in [1.807, 2.05) is 18.2 Å². The number of benzene rings is 2. The van der Waals surface area contributed by atoms with Gasteiger partial charge in [0.25, 0.3) is 5.91 Å². The molecule has 1 aromatic heterocycles. The Balaban J connectivity index is 1.67. The number of nitrogens with one attached hydrogen (secondary N) is 2. The molecule has 9 heteroatoms. The maximum Gasteiger partial charge on any atom is 0.269 e. The highest BCUT2D eigenvalue weighted by Crippen LogP contribution is 2.38. The number of rotatable bonds is 6. The van der Waals surface area contributed by atoms with Gasteiger partial charge in [-0.05, 0) is 24.3 Å². The van der Waals surface area contributed by atoms with E-state index in [0.717, 1.165) is 5.39 Å². The van der Waals surface area contributed by atoms with Crippen LogP contribution in [0.25, 0.3) is 11.0 Å². The molecule has 0 spiro atoms. The average molecular weight is 385 g/mol. The molecular weight excluding hydrogens is 366 g/mol. The minimum absolute atomic E-state index is 0.0491. The fourth-order valence-corrected chi connectivity index (χ4v) is 2.67. The van der Waals surface area contributed by atoms with Crippen molar-refractivity contribution in [2.24, 2.45) is 0 Å². The minimum atomic E-state index is -0.544. The molecule has 146 valence electrons. The van der Waals surface area contributed by atoms with Gasteiger partial charge in [0.1, 0.15) is 5.69 Å². The summed E-state index contributed by atoms with van der Waals surface area (Å²) >= 11 is 0. The highest BCUT2D eigenvalue weighted by atomic mass is 16.5. The molecule has 0 unspecified atom stereocenters. The van der Waals surface area contributed by atoms with E-state index < -0.39 is 11.8 Å². The molecule has 0 radical (unpaired) electrons. The van der Waals surface area contributed by atoms with Crippen LogP contribution in [0.1, 0.15) is 16.1 Å². The van der Waals surface area contributed by atoms with Crippen LogP contribution < -0.4 is 25.1 Å². The number of hydrazine groups is 1. The lowest BCUT2D eigenvalue weighted by Crippen LogP contribution is -2.42. The highest BCUT2D eigenvalue weighted by Gasteiger charge is 2.18. The molecule has 0 atom stereocenters. The van der Waals surface area contributed by atoms with Gasteiger partial charge in [0, 0.05) is 10.9 Å². The summed E-state index contributed by atoms with van der Waals surface area (Å²) < 4.78 is 20.8. The standard InChI is InChI=1S/C19H19N3O6/c1-25-15-8-11(9-16(26-2)18(15)27-3)19(24)21-20-17(23)10-13-12-6-4-5-7-14(12)28-22-13/h4-9H,10H2,1-3H3,(H,20,23)(H,21,24). The number of hydrogen-bond donors (Lipinski definition) is 2. The molecule has 3 aromatic rings. The van der Waals surface area contributed by atoms with E-state index in [0.29, 0.717) is 28.5 Å². The molecule has 0 aliphatic heterocycles. The summed E-state index contributed by atoms with van der Waals surface area (Å²) in [5.41, 5.74) is 6.00. The molecule has 1 heterocycles. The number of methoxy groups -OCH3 is 3. The van der Waals surface area contributed by atoms with Gasteiger partial charge in [-0.3, -0.25) is 20.4 Å². The Morgan fingerprint density at radius 2 is 1.68 bits per heavy atom. The number of fused-ring (bicyclic) bond motifs is 1. The molecule has 2 amide bonds. The number of para-hydroxylation sites is 1. The van der Waals surface area contributed by atoms with E-state index in [1.165, 1.54) is 33.5 Å². The Morgan fingerprint density at radius 3 is 2.32 bits per heavy atom. The number of carbonyl (C=O) groups is 2. The monoisotopic (exact) mass is 385 g/mol. The van der Waals surface area contributed by atoms with Crippen molar-refractivity contribution in [1.82, 2.24) is 16.0 Å². The van der Waals surface area contributed by atoms with Gasteiger partial charge >= 0.3 is 0 Å². The molecule has 2 N–H and O–H groups in total.